The molecule has 0 atom stereocenters. The maximum Gasteiger partial charge on any atom is 0.143 e. The van der Waals surface area contributed by atoms with E-state index >= 15 is 0 Å². The van der Waals surface area contributed by atoms with Crippen LogP contribution < -0.4 is 0 Å². The first kappa shape index (κ1) is 11.6. The van der Waals surface area contributed by atoms with E-state index in [2.05, 4.69) is 11.7 Å². The van der Waals surface area contributed by atoms with E-state index in [0.29, 0.717) is 6.61 Å². The van der Waals surface area contributed by atoms with E-state index in [1.165, 1.54) is 0 Å². The second-order valence-corrected chi connectivity index (χ2v) is 1.39. The first-order chi connectivity index (χ1) is 3.41. The molecule has 3 heteroatoms. The van der Waals surface area contributed by atoms with E-state index in [1.807, 2.05) is 0 Å². The van der Waals surface area contributed by atoms with E-state index < -0.39 is 0 Å². The van der Waals surface area contributed by atoms with E-state index in [-0.39, 0.29) is 32.6 Å². The van der Waals surface area contributed by atoms with Gasteiger partial charge in [-0.25, -0.2) is 0 Å². The van der Waals surface area contributed by atoms with Gasteiger partial charge in [-0.05, 0) is 6.42 Å². The van der Waals surface area contributed by atoms with Gasteiger partial charge in [0.1, 0.15) is 6.79 Å². The molecule has 0 bridgehead atoms. The minimum atomic E-state index is -0.139. The van der Waals surface area contributed by atoms with Crippen LogP contribution in [0.5, 0.6) is 0 Å². The molecule has 0 amide bonds. The van der Waals surface area contributed by atoms with Crippen molar-refractivity contribution in [1.82, 2.24) is 0 Å². The minimum Gasteiger partial charge on any atom is -0.371 e. The van der Waals surface area contributed by atoms with Crippen LogP contribution in [-0.4, -0.2) is 18.5 Å². The van der Waals surface area contributed by atoms with Gasteiger partial charge in [-0.3, -0.25) is 0 Å². The summed E-state index contributed by atoms with van der Waals surface area (Å²) in [6, 6.07) is 0. The van der Waals surface area contributed by atoms with Crippen LogP contribution in [0, 0.1) is 0 Å². The van der Waals surface area contributed by atoms with E-state index in [9.17, 15) is 0 Å². The van der Waals surface area contributed by atoms with Crippen LogP contribution >= 0.6 is 0 Å². The zero-order valence-corrected chi connectivity index (χ0v) is 8.78. The molecule has 0 aliphatic heterocycles. The Morgan fingerprint density at radius 2 is 2.12 bits per heavy atom. The van der Waals surface area contributed by atoms with Crippen LogP contribution in [0.4, 0.5) is 0 Å². The molecule has 0 saturated heterocycles. The fraction of sp³-hybridized carbons (Fsp3) is 1.00. The number of unbranched alkanes of at least 4 members (excludes halogenated alkanes) is 1. The predicted octanol–water partition coefficient (Wildman–Crippen LogP) is 0.750. The monoisotopic (exact) mass is 284 g/mol. The Hall–Kier alpha value is 0.790. The number of ether oxygens (including phenoxy) is 1. The number of hydrogen-bond acceptors (Lipinski definition) is 2. The first-order valence-electron chi connectivity index (χ1n) is 2.60. The van der Waals surface area contributed by atoms with Gasteiger partial charge >= 0.3 is 0 Å². The molecule has 1 N–H and O–H groups in total. The van der Waals surface area contributed by atoms with E-state index in [1.54, 1.807) is 0 Å². The molecule has 0 fully saturated rings. The first-order valence-corrected chi connectivity index (χ1v) is 2.60. The Kier molecular flexibility index (Phi) is 15.5. The van der Waals surface area contributed by atoms with Gasteiger partial charge in [-0.15, -0.1) is 0 Å². The molecule has 0 rings (SSSR count). The average Bonchev–Trinajstić information content (AvgIpc) is 1.69. The van der Waals surface area contributed by atoms with E-state index in [4.69, 9.17) is 5.11 Å². The predicted molar refractivity (Wildman–Crippen MR) is 27.9 cm³/mol. The van der Waals surface area contributed by atoms with Gasteiger partial charge in [0.2, 0.25) is 0 Å². The summed E-state index contributed by atoms with van der Waals surface area (Å²) < 4.78 is 4.63. The van der Waals surface area contributed by atoms with Crippen molar-refractivity contribution in [1.29, 1.82) is 0 Å². The fourth-order valence-electron chi connectivity index (χ4n) is 0.311. The molecular formula is C5H12HfO2. The normalized spacial score (nSPS) is 8.25. The van der Waals surface area contributed by atoms with Gasteiger partial charge in [-0.1, -0.05) is 13.3 Å². The summed E-state index contributed by atoms with van der Waals surface area (Å²) in [6.07, 6.45) is 2.17. The topological polar surface area (TPSA) is 29.5 Å². The molecule has 48 valence electrons. The molecule has 0 aromatic rings. The van der Waals surface area contributed by atoms with Crippen LogP contribution in [0.15, 0.2) is 0 Å². The SMILES string of the molecule is CCCCOCO.[Hf]. The van der Waals surface area contributed by atoms with Gasteiger partial charge in [0.15, 0.2) is 0 Å². The minimum absolute atomic E-state index is 0. The largest absolute Gasteiger partial charge is 0.371 e. The van der Waals surface area contributed by atoms with Gasteiger partial charge in [0.25, 0.3) is 0 Å². The van der Waals surface area contributed by atoms with Crippen LogP contribution in [0.25, 0.3) is 0 Å². The Morgan fingerprint density at radius 3 is 2.50 bits per heavy atom. The van der Waals surface area contributed by atoms with Crippen LogP contribution in [-0.2, 0) is 30.6 Å². The van der Waals surface area contributed by atoms with Gasteiger partial charge in [-0.2, -0.15) is 0 Å². The summed E-state index contributed by atoms with van der Waals surface area (Å²) in [4.78, 5) is 0. The van der Waals surface area contributed by atoms with Crippen molar-refractivity contribution < 1.29 is 35.7 Å². The maximum absolute atomic E-state index is 8.07. The van der Waals surface area contributed by atoms with Crippen molar-refractivity contribution in [3.05, 3.63) is 0 Å². The second kappa shape index (κ2) is 10.7. The summed E-state index contributed by atoms with van der Waals surface area (Å²) >= 11 is 0. The van der Waals surface area contributed by atoms with E-state index in [0.717, 1.165) is 12.8 Å². The number of rotatable bonds is 4. The zero-order chi connectivity index (χ0) is 5.54. The molecule has 0 aromatic heterocycles. The molecular weight excluding hydrogens is 271 g/mol. The number of aliphatic hydroxyl groups excluding tert-OH is 1. The molecule has 0 aliphatic rings. The molecule has 8 heavy (non-hydrogen) atoms. The van der Waals surface area contributed by atoms with Crippen molar-refractivity contribution >= 4 is 0 Å². The molecule has 0 aliphatic carbocycles. The second-order valence-electron chi connectivity index (χ2n) is 1.39. The smallest absolute Gasteiger partial charge is 0.143 e. The fourth-order valence-corrected chi connectivity index (χ4v) is 0.311. The number of aliphatic hydroxyl groups is 1. The molecule has 0 heterocycles. The summed E-state index contributed by atoms with van der Waals surface area (Å²) in [5.74, 6) is 0. The Morgan fingerprint density at radius 1 is 1.50 bits per heavy atom. The third kappa shape index (κ3) is 9.92. The van der Waals surface area contributed by atoms with Crippen LogP contribution in [0.3, 0.4) is 0 Å². The molecule has 0 radical (unpaired) electrons. The third-order valence-electron chi connectivity index (χ3n) is 0.734. The quantitative estimate of drug-likeness (QED) is 0.468. The maximum atomic E-state index is 8.07. The van der Waals surface area contributed by atoms with Gasteiger partial charge < -0.3 is 9.84 Å². The molecule has 0 aromatic carbocycles. The van der Waals surface area contributed by atoms with Crippen molar-refractivity contribution in [2.45, 2.75) is 19.8 Å². The summed E-state index contributed by atoms with van der Waals surface area (Å²) in [5, 5.41) is 8.07. The molecule has 0 spiro atoms. The van der Waals surface area contributed by atoms with Crippen LogP contribution in [0.2, 0.25) is 0 Å². The van der Waals surface area contributed by atoms with Crippen molar-refractivity contribution in [2.75, 3.05) is 13.4 Å². The number of hydrogen-bond donors (Lipinski definition) is 1. The molecule has 0 unspecified atom stereocenters. The Bertz CT molecular complexity index is 29.6. The summed E-state index contributed by atoms with van der Waals surface area (Å²) in [6.45, 7) is 2.63. The standard InChI is InChI=1S/C5H12O2.Hf/c1-2-3-4-7-5-6;/h6H,2-5H2,1H3;. The summed E-state index contributed by atoms with van der Waals surface area (Å²) in [7, 11) is 0. The Balaban J connectivity index is 0. The van der Waals surface area contributed by atoms with Crippen molar-refractivity contribution in [3.8, 4) is 0 Å². The molecule has 0 saturated carbocycles. The zero-order valence-electron chi connectivity index (χ0n) is 5.18. The van der Waals surface area contributed by atoms with Gasteiger partial charge in [0.05, 0.1) is 0 Å². The van der Waals surface area contributed by atoms with Gasteiger partial charge in [0, 0.05) is 32.5 Å². The Labute approximate surface area is 69.0 Å². The van der Waals surface area contributed by atoms with Crippen molar-refractivity contribution in [3.63, 3.8) is 0 Å². The van der Waals surface area contributed by atoms with Crippen molar-refractivity contribution in [2.24, 2.45) is 0 Å². The summed E-state index contributed by atoms with van der Waals surface area (Å²) in [5.41, 5.74) is 0. The third-order valence-corrected chi connectivity index (χ3v) is 0.734. The molecule has 2 nitrogen and oxygen atoms in total. The average molecular weight is 283 g/mol. The van der Waals surface area contributed by atoms with Crippen LogP contribution in [0.1, 0.15) is 19.8 Å².